The Morgan fingerprint density at radius 3 is 2.31 bits per heavy atom. The first-order valence-electron chi connectivity index (χ1n) is 12.1. The number of aryl methyl sites for hydroxylation is 1. The van der Waals surface area contributed by atoms with Gasteiger partial charge in [-0.25, -0.2) is 14.4 Å². The number of hydrogen-bond donors (Lipinski definition) is 2. The number of carbonyl (C=O) groups excluding carboxylic acids is 2. The molecule has 0 saturated heterocycles. The van der Waals surface area contributed by atoms with E-state index in [9.17, 15) is 18.0 Å². The average molecular weight is 595 g/mol. The predicted molar refractivity (Wildman–Crippen MR) is 151 cm³/mol. The molecule has 0 radical (unpaired) electrons. The van der Waals surface area contributed by atoms with Crippen molar-refractivity contribution in [3.63, 3.8) is 0 Å². The molecule has 3 rings (SSSR count). The highest BCUT2D eigenvalue weighted by Crippen LogP contribution is 2.32. The van der Waals surface area contributed by atoms with E-state index in [-0.39, 0.29) is 22.5 Å². The largest absolute Gasteiger partial charge is 0.496 e. The Morgan fingerprint density at radius 2 is 1.74 bits per heavy atom. The van der Waals surface area contributed by atoms with Crippen LogP contribution in [0.25, 0.3) is 0 Å². The standard InChI is InChI=1S/C26H31ClN4O6S2/c1-5-19-20(36-3)14-18(15-21(19)37-4)26(33)31(13-9-12-17-10-7-6-8-11-17)16-22-29-23(24(27)38-22)25(32)30-39(34,35)28-2/h6-8,10-11,14-15,28H,5,9,12-13,16H2,1-4H3,(H,30,32). The first-order valence-corrected chi connectivity index (χ1v) is 14.8. The number of benzene rings is 2. The van der Waals surface area contributed by atoms with Gasteiger partial charge in [0.25, 0.3) is 11.8 Å². The Labute approximate surface area is 237 Å². The Hall–Kier alpha value is -3.19. The van der Waals surface area contributed by atoms with Crippen molar-refractivity contribution in [3.05, 3.63) is 74.2 Å². The molecule has 2 N–H and O–H groups in total. The summed E-state index contributed by atoms with van der Waals surface area (Å²) in [5.74, 6) is -0.154. The molecule has 1 aromatic heterocycles. The third-order valence-corrected chi connectivity index (χ3v) is 8.13. The molecule has 2 amide bonds. The number of ether oxygens (including phenoxy) is 2. The summed E-state index contributed by atoms with van der Waals surface area (Å²) in [7, 11) is 0.210. The minimum atomic E-state index is -4.04. The van der Waals surface area contributed by atoms with Crippen LogP contribution in [0.4, 0.5) is 0 Å². The summed E-state index contributed by atoms with van der Waals surface area (Å²) in [6, 6.07) is 13.3. The molecule has 1 heterocycles. The number of methoxy groups -OCH3 is 2. The van der Waals surface area contributed by atoms with Crippen molar-refractivity contribution in [1.29, 1.82) is 0 Å². The summed E-state index contributed by atoms with van der Waals surface area (Å²) in [6.07, 6.45) is 2.08. The van der Waals surface area contributed by atoms with Crippen LogP contribution in [0, 0.1) is 0 Å². The van der Waals surface area contributed by atoms with Crippen LogP contribution in [0.15, 0.2) is 42.5 Å². The molecule has 0 unspecified atom stereocenters. The quantitative estimate of drug-likeness (QED) is 0.308. The molecular weight excluding hydrogens is 564 g/mol. The van der Waals surface area contributed by atoms with Gasteiger partial charge in [-0.15, -0.1) is 11.3 Å². The molecular formula is C26H31ClN4O6S2. The molecule has 13 heteroatoms. The predicted octanol–water partition coefficient (Wildman–Crippen LogP) is 3.85. The number of amides is 2. The highest BCUT2D eigenvalue weighted by Gasteiger charge is 2.25. The second-order valence-corrected chi connectivity index (χ2v) is 11.7. The van der Waals surface area contributed by atoms with Gasteiger partial charge in [0, 0.05) is 24.7 Å². The van der Waals surface area contributed by atoms with E-state index in [4.69, 9.17) is 21.1 Å². The smallest absolute Gasteiger partial charge is 0.301 e. The monoisotopic (exact) mass is 594 g/mol. The van der Waals surface area contributed by atoms with Crippen LogP contribution in [0.3, 0.4) is 0 Å². The maximum atomic E-state index is 13.8. The van der Waals surface area contributed by atoms with Crippen molar-refractivity contribution in [2.75, 3.05) is 27.8 Å². The van der Waals surface area contributed by atoms with Gasteiger partial charge in [-0.05, 0) is 37.0 Å². The van der Waals surface area contributed by atoms with E-state index >= 15 is 0 Å². The second-order valence-electron chi connectivity index (χ2n) is 8.40. The molecule has 0 aliphatic rings. The van der Waals surface area contributed by atoms with Gasteiger partial charge in [0.1, 0.15) is 20.8 Å². The van der Waals surface area contributed by atoms with Crippen molar-refractivity contribution < 1.29 is 27.5 Å². The van der Waals surface area contributed by atoms with E-state index in [1.54, 1.807) is 17.0 Å². The molecule has 0 aliphatic carbocycles. The summed E-state index contributed by atoms with van der Waals surface area (Å²) >= 11 is 7.24. The van der Waals surface area contributed by atoms with Crippen LogP contribution >= 0.6 is 22.9 Å². The molecule has 0 atom stereocenters. The van der Waals surface area contributed by atoms with Gasteiger partial charge < -0.3 is 14.4 Å². The van der Waals surface area contributed by atoms with E-state index < -0.39 is 16.1 Å². The first-order chi connectivity index (χ1) is 18.6. The summed E-state index contributed by atoms with van der Waals surface area (Å²) in [5.41, 5.74) is 2.14. The van der Waals surface area contributed by atoms with Crippen LogP contribution in [0.5, 0.6) is 11.5 Å². The van der Waals surface area contributed by atoms with Crippen molar-refractivity contribution in [3.8, 4) is 11.5 Å². The molecule has 0 spiro atoms. The van der Waals surface area contributed by atoms with Crippen molar-refractivity contribution >= 4 is 45.0 Å². The zero-order chi connectivity index (χ0) is 28.6. The third kappa shape index (κ3) is 7.91. The second kappa shape index (κ2) is 13.7. The van der Waals surface area contributed by atoms with Crippen LogP contribution in [0.1, 0.15) is 50.3 Å². The number of hydrogen-bond acceptors (Lipinski definition) is 8. The number of rotatable bonds is 13. The number of aromatic nitrogens is 1. The van der Waals surface area contributed by atoms with Gasteiger partial charge in [0.2, 0.25) is 0 Å². The molecule has 0 bridgehead atoms. The Morgan fingerprint density at radius 1 is 1.10 bits per heavy atom. The van der Waals surface area contributed by atoms with Crippen molar-refractivity contribution in [1.82, 2.24) is 19.3 Å². The van der Waals surface area contributed by atoms with Crippen molar-refractivity contribution in [2.24, 2.45) is 0 Å². The molecule has 2 aromatic carbocycles. The SMILES string of the molecule is CCc1c(OC)cc(C(=O)N(CCCc2ccccc2)Cc2nc(C(=O)NS(=O)(=O)NC)c(Cl)s2)cc1OC. The number of carbonyl (C=O) groups is 2. The normalized spacial score (nSPS) is 11.2. The van der Waals surface area contributed by atoms with Gasteiger partial charge in [0.05, 0.1) is 20.8 Å². The molecule has 39 heavy (non-hydrogen) atoms. The zero-order valence-electron chi connectivity index (χ0n) is 22.1. The van der Waals surface area contributed by atoms with Gasteiger partial charge in [-0.1, -0.05) is 48.9 Å². The van der Waals surface area contributed by atoms with Gasteiger partial charge >= 0.3 is 10.2 Å². The van der Waals surface area contributed by atoms with E-state index in [1.165, 1.54) is 21.3 Å². The Balaban J connectivity index is 1.90. The highest BCUT2D eigenvalue weighted by atomic mass is 35.5. The van der Waals surface area contributed by atoms with E-state index in [0.29, 0.717) is 41.5 Å². The lowest BCUT2D eigenvalue weighted by Crippen LogP contribution is -2.38. The first kappa shape index (κ1) is 30.4. The summed E-state index contributed by atoms with van der Waals surface area (Å²) < 4.78 is 38.4. The van der Waals surface area contributed by atoms with E-state index in [2.05, 4.69) is 4.98 Å². The van der Waals surface area contributed by atoms with Crippen LogP contribution in [-0.4, -0.2) is 57.9 Å². The number of halogens is 1. The Bertz CT molecular complexity index is 1390. The highest BCUT2D eigenvalue weighted by molar-refractivity contribution is 7.88. The fourth-order valence-electron chi connectivity index (χ4n) is 3.95. The van der Waals surface area contributed by atoms with Gasteiger partial charge in [-0.2, -0.15) is 8.42 Å². The van der Waals surface area contributed by atoms with E-state index in [0.717, 1.165) is 28.9 Å². The summed E-state index contributed by atoms with van der Waals surface area (Å²) in [6.45, 7) is 2.42. The maximum absolute atomic E-state index is 13.8. The fourth-order valence-corrected chi connectivity index (χ4v) is 5.58. The molecule has 10 nitrogen and oxygen atoms in total. The average Bonchev–Trinajstić information content (AvgIpc) is 3.31. The topological polar surface area (TPSA) is 127 Å². The zero-order valence-corrected chi connectivity index (χ0v) is 24.5. The summed E-state index contributed by atoms with van der Waals surface area (Å²) in [5, 5.41) is 0.379. The van der Waals surface area contributed by atoms with E-state index in [1.807, 2.05) is 46.7 Å². The van der Waals surface area contributed by atoms with Crippen molar-refractivity contribution in [2.45, 2.75) is 32.7 Å². The minimum Gasteiger partial charge on any atom is -0.496 e. The molecule has 3 aromatic rings. The van der Waals surface area contributed by atoms with Crippen LogP contribution < -0.4 is 18.9 Å². The molecule has 0 saturated carbocycles. The van der Waals surface area contributed by atoms with Gasteiger partial charge in [0.15, 0.2) is 5.69 Å². The Kier molecular flexibility index (Phi) is 10.7. The van der Waals surface area contributed by atoms with Crippen LogP contribution in [-0.2, 0) is 29.6 Å². The van der Waals surface area contributed by atoms with Crippen LogP contribution in [0.2, 0.25) is 4.34 Å². The number of nitrogens with zero attached hydrogens (tertiary/aromatic N) is 2. The lowest BCUT2D eigenvalue weighted by Gasteiger charge is -2.23. The molecule has 0 aliphatic heterocycles. The minimum absolute atomic E-state index is 0.0149. The lowest BCUT2D eigenvalue weighted by atomic mass is 10.0. The fraction of sp³-hybridized carbons (Fsp3) is 0.346. The number of nitrogens with one attached hydrogen (secondary N) is 2. The summed E-state index contributed by atoms with van der Waals surface area (Å²) in [4.78, 5) is 32.1. The third-order valence-electron chi connectivity index (χ3n) is 5.90. The molecule has 0 fully saturated rings. The molecule has 210 valence electrons. The lowest BCUT2D eigenvalue weighted by molar-refractivity contribution is 0.0740. The number of thiazole rings is 1. The van der Waals surface area contributed by atoms with Gasteiger partial charge in [-0.3, -0.25) is 9.59 Å². The maximum Gasteiger partial charge on any atom is 0.301 e.